The standard InChI is InChI=1S/C19H25BNO3/c1-12-21-17(13-8-6-5-7-9-13)20(22-12)23-16-11-14-10-15(18(14,2)3)19(16,4)24-20/h5-9,14-17H,10-11H2,1-4H3/q-1/t14-,15-,16+,17-,19-,20+/m1/s1. The lowest BCUT2D eigenvalue weighted by atomic mass is 9.43. The molecule has 1 aromatic rings. The van der Waals surface area contributed by atoms with Crippen LogP contribution in [0, 0.1) is 17.3 Å². The predicted octanol–water partition coefficient (Wildman–Crippen LogP) is 3.89. The predicted molar refractivity (Wildman–Crippen MR) is 93.5 cm³/mol. The molecule has 6 atom stereocenters. The van der Waals surface area contributed by atoms with E-state index in [1.807, 2.05) is 25.1 Å². The SMILES string of the molecule is CC1=N[C@H](c2ccccc2)[B@-]2(O1)O[C@H]1C[C@H]3C[C@H](C3(C)C)[C@@]1(C)O2. The van der Waals surface area contributed by atoms with Gasteiger partial charge in [-0.3, -0.25) is 4.99 Å². The van der Waals surface area contributed by atoms with Gasteiger partial charge in [0.15, 0.2) is 0 Å². The van der Waals surface area contributed by atoms with Gasteiger partial charge in [-0.15, -0.1) is 0 Å². The summed E-state index contributed by atoms with van der Waals surface area (Å²) < 4.78 is 19.4. The van der Waals surface area contributed by atoms with Gasteiger partial charge in [0.1, 0.15) is 5.90 Å². The fourth-order valence-corrected chi connectivity index (χ4v) is 5.84. The molecule has 128 valence electrons. The molecule has 1 spiro atoms. The lowest BCUT2D eigenvalue weighted by Gasteiger charge is -2.66. The molecular formula is C19H25BNO3-. The Kier molecular flexibility index (Phi) is 2.77. The molecule has 3 saturated carbocycles. The second-order valence-electron chi connectivity index (χ2n) is 8.79. The third-order valence-electron chi connectivity index (χ3n) is 7.26. The third kappa shape index (κ3) is 1.70. The first-order valence-electron chi connectivity index (χ1n) is 9.15. The summed E-state index contributed by atoms with van der Waals surface area (Å²) >= 11 is 0. The van der Waals surface area contributed by atoms with E-state index in [2.05, 4.69) is 32.9 Å². The molecule has 3 aliphatic carbocycles. The van der Waals surface area contributed by atoms with Crippen molar-refractivity contribution in [2.45, 2.75) is 58.2 Å². The topological polar surface area (TPSA) is 40.0 Å². The molecule has 0 amide bonds. The van der Waals surface area contributed by atoms with Crippen molar-refractivity contribution in [1.82, 2.24) is 0 Å². The third-order valence-corrected chi connectivity index (χ3v) is 7.26. The highest BCUT2D eigenvalue weighted by Gasteiger charge is 2.70. The molecule has 2 aliphatic heterocycles. The van der Waals surface area contributed by atoms with E-state index in [4.69, 9.17) is 19.0 Å². The van der Waals surface area contributed by atoms with Gasteiger partial charge in [-0.1, -0.05) is 49.7 Å². The molecule has 2 heterocycles. The summed E-state index contributed by atoms with van der Waals surface area (Å²) in [5, 5.41) is 0. The molecule has 24 heavy (non-hydrogen) atoms. The number of nitrogens with zero attached hydrogens (tertiary/aromatic N) is 1. The van der Waals surface area contributed by atoms with Crippen molar-refractivity contribution in [1.29, 1.82) is 0 Å². The number of hydrogen-bond acceptors (Lipinski definition) is 4. The van der Waals surface area contributed by atoms with Gasteiger partial charge >= 0.3 is 6.75 Å². The second-order valence-corrected chi connectivity index (χ2v) is 8.79. The van der Waals surface area contributed by atoms with Crippen LogP contribution in [0.5, 0.6) is 0 Å². The summed E-state index contributed by atoms with van der Waals surface area (Å²) in [4.78, 5) is 4.73. The quantitative estimate of drug-likeness (QED) is 0.735. The van der Waals surface area contributed by atoms with Crippen LogP contribution in [0.15, 0.2) is 35.3 Å². The van der Waals surface area contributed by atoms with Crippen LogP contribution in [0.25, 0.3) is 0 Å². The van der Waals surface area contributed by atoms with Crippen molar-refractivity contribution >= 4 is 12.7 Å². The highest BCUT2D eigenvalue weighted by atomic mass is 16.8. The normalized spacial score (nSPS) is 47.8. The molecule has 0 N–H and O–H groups in total. The molecule has 4 nitrogen and oxygen atoms in total. The molecule has 1 aromatic carbocycles. The van der Waals surface area contributed by atoms with Crippen LogP contribution in [0.3, 0.4) is 0 Å². The Balaban J connectivity index is 1.54. The van der Waals surface area contributed by atoms with Crippen LogP contribution in [-0.2, 0) is 14.0 Å². The average Bonchev–Trinajstić information content (AvgIpc) is 3.02. The largest absolute Gasteiger partial charge is 0.658 e. The zero-order valence-corrected chi connectivity index (χ0v) is 14.9. The molecular weight excluding hydrogens is 301 g/mol. The second kappa shape index (κ2) is 4.44. The summed E-state index contributed by atoms with van der Waals surface area (Å²) in [5.74, 6) is 1.72. The van der Waals surface area contributed by atoms with Gasteiger partial charge in [-0.05, 0) is 37.0 Å². The van der Waals surface area contributed by atoms with E-state index in [-0.39, 0.29) is 17.6 Å². The molecule has 1 saturated heterocycles. The van der Waals surface area contributed by atoms with Gasteiger partial charge in [0.25, 0.3) is 0 Å². The van der Waals surface area contributed by atoms with Gasteiger partial charge in [0.05, 0.1) is 11.5 Å². The van der Waals surface area contributed by atoms with Crippen molar-refractivity contribution < 1.29 is 14.0 Å². The number of aliphatic imine (C=N–C) groups is 1. The van der Waals surface area contributed by atoms with E-state index >= 15 is 0 Å². The van der Waals surface area contributed by atoms with Crippen LogP contribution < -0.4 is 0 Å². The maximum atomic E-state index is 6.73. The summed E-state index contributed by atoms with van der Waals surface area (Å²) in [6, 6.07) is 10.3. The van der Waals surface area contributed by atoms with Crippen LogP contribution >= 0.6 is 0 Å². The van der Waals surface area contributed by atoms with Gasteiger partial charge < -0.3 is 14.0 Å². The fourth-order valence-electron chi connectivity index (χ4n) is 5.84. The van der Waals surface area contributed by atoms with Crippen molar-refractivity contribution in [3.05, 3.63) is 35.9 Å². The Labute approximate surface area is 143 Å². The van der Waals surface area contributed by atoms with Crippen molar-refractivity contribution in [2.24, 2.45) is 22.2 Å². The van der Waals surface area contributed by atoms with Crippen molar-refractivity contribution in [3.8, 4) is 0 Å². The highest BCUT2D eigenvalue weighted by molar-refractivity contribution is 6.66. The summed E-state index contributed by atoms with van der Waals surface area (Å²) in [7, 11) is 0. The maximum Gasteiger partial charge on any atom is 0.465 e. The molecule has 2 bridgehead atoms. The minimum absolute atomic E-state index is 0.113. The molecule has 5 heteroatoms. The molecule has 0 aromatic heterocycles. The van der Waals surface area contributed by atoms with Gasteiger partial charge in [0.2, 0.25) is 0 Å². The zero-order chi connectivity index (χ0) is 16.7. The van der Waals surface area contributed by atoms with Crippen molar-refractivity contribution in [3.63, 3.8) is 0 Å². The zero-order valence-electron chi connectivity index (χ0n) is 14.9. The Bertz CT molecular complexity index is 721. The molecule has 0 radical (unpaired) electrons. The lowest BCUT2D eigenvalue weighted by Crippen LogP contribution is -2.65. The average molecular weight is 326 g/mol. The summed E-state index contributed by atoms with van der Waals surface area (Å²) in [6.45, 7) is 6.98. The summed E-state index contributed by atoms with van der Waals surface area (Å²) in [6.07, 6.45) is 2.42. The van der Waals surface area contributed by atoms with E-state index < -0.39 is 6.75 Å². The van der Waals surface area contributed by atoms with Gasteiger partial charge in [-0.2, -0.15) is 0 Å². The molecule has 6 rings (SSSR count). The Morgan fingerprint density at radius 3 is 2.58 bits per heavy atom. The summed E-state index contributed by atoms with van der Waals surface area (Å²) in [5.41, 5.74) is 1.15. The highest BCUT2D eigenvalue weighted by Crippen LogP contribution is 2.67. The molecule has 0 unspecified atom stereocenters. The van der Waals surface area contributed by atoms with E-state index in [1.165, 1.54) is 6.42 Å². The van der Waals surface area contributed by atoms with E-state index in [9.17, 15) is 0 Å². The lowest BCUT2D eigenvalue weighted by molar-refractivity contribution is -0.200. The van der Waals surface area contributed by atoms with Crippen molar-refractivity contribution in [2.75, 3.05) is 0 Å². The first-order chi connectivity index (χ1) is 11.4. The van der Waals surface area contributed by atoms with Gasteiger partial charge in [0, 0.05) is 13.0 Å². The molecule has 4 fully saturated rings. The smallest absolute Gasteiger partial charge is 0.465 e. The minimum atomic E-state index is -1.90. The van der Waals surface area contributed by atoms with E-state index in [1.54, 1.807) is 0 Å². The monoisotopic (exact) mass is 326 g/mol. The van der Waals surface area contributed by atoms with Gasteiger partial charge in [-0.25, -0.2) is 0 Å². The fraction of sp³-hybridized carbons (Fsp3) is 0.632. The number of hydrogen-bond donors (Lipinski definition) is 0. The Morgan fingerprint density at radius 2 is 1.88 bits per heavy atom. The Hall–Kier alpha value is -1.33. The van der Waals surface area contributed by atoms with Crippen LogP contribution in [0.2, 0.25) is 0 Å². The first kappa shape index (κ1) is 15.0. The number of rotatable bonds is 1. The molecule has 5 aliphatic rings. The van der Waals surface area contributed by atoms with Crippen LogP contribution in [0.4, 0.5) is 0 Å². The minimum Gasteiger partial charge on any atom is -0.658 e. The maximum absolute atomic E-state index is 6.73. The first-order valence-corrected chi connectivity index (χ1v) is 9.15. The van der Waals surface area contributed by atoms with Crippen LogP contribution in [0.1, 0.15) is 52.0 Å². The Morgan fingerprint density at radius 1 is 1.12 bits per heavy atom. The van der Waals surface area contributed by atoms with Crippen LogP contribution in [-0.4, -0.2) is 24.4 Å². The number of benzene rings is 1. The van der Waals surface area contributed by atoms with E-state index in [0.29, 0.717) is 17.2 Å². The van der Waals surface area contributed by atoms with E-state index in [0.717, 1.165) is 17.9 Å².